The van der Waals surface area contributed by atoms with Crippen LogP contribution < -0.4 is 0 Å². The molecule has 3 nitrogen and oxygen atoms in total. The van der Waals surface area contributed by atoms with Crippen LogP contribution in [0.15, 0.2) is 0 Å². The van der Waals surface area contributed by atoms with Crippen molar-refractivity contribution >= 4 is 0 Å². The highest BCUT2D eigenvalue weighted by molar-refractivity contribution is 4.86. The molecule has 0 saturated heterocycles. The van der Waals surface area contributed by atoms with Gasteiger partial charge in [-0.05, 0) is 18.8 Å². The monoisotopic (exact) mass is 202 g/mol. The van der Waals surface area contributed by atoms with Gasteiger partial charge in [-0.1, -0.05) is 20.3 Å². The molecule has 0 heterocycles. The van der Waals surface area contributed by atoms with E-state index in [1.54, 1.807) is 0 Å². The molecule has 1 fully saturated rings. The smallest absolute Gasteiger partial charge is 0.0643 e. The minimum atomic E-state index is -0.536. The third kappa shape index (κ3) is 2.47. The van der Waals surface area contributed by atoms with Gasteiger partial charge in [0.25, 0.3) is 0 Å². The van der Waals surface area contributed by atoms with Gasteiger partial charge in [-0.15, -0.1) is 0 Å². The average Bonchev–Trinajstić information content (AvgIpc) is 2.17. The second-order valence-electron chi connectivity index (χ2n) is 4.76. The molecular weight excluding hydrogens is 180 g/mol. The number of aliphatic hydroxyl groups is 3. The highest BCUT2D eigenvalue weighted by Crippen LogP contribution is 2.33. The van der Waals surface area contributed by atoms with Gasteiger partial charge in [0, 0.05) is 18.4 Å². The second-order valence-corrected chi connectivity index (χ2v) is 4.76. The Kier molecular flexibility index (Phi) is 4.35. The van der Waals surface area contributed by atoms with Crippen LogP contribution in [0, 0.1) is 17.8 Å². The van der Waals surface area contributed by atoms with Crippen molar-refractivity contribution in [2.45, 2.75) is 45.3 Å². The molecule has 84 valence electrons. The molecule has 1 aliphatic carbocycles. The zero-order valence-corrected chi connectivity index (χ0v) is 9.06. The van der Waals surface area contributed by atoms with Gasteiger partial charge < -0.3 is 15.3 Å². The molecular formula is C11H22O3. The van der Waals surface area contributed by atoms with Crippen LogP contribution in [0.1, 0.15) is 33.1 Å². The van der Waals surface area contributed by atoms with Gasteiger partial charge in [0.2, 0.25) is 0 Å². The summed E-state index contributed by atoms with van der Waals surface area (Å²) in [6.45, 7) is 3.95. The molecule has 0 aromatic heterocycles. The lowest BCUT2D eigenvalue weighted by Crippen LogP contribution is -2.43. The highest BCUT2D eigenvalue weighted by atomic mass is 16.3. The van der Waals surface area contributed by atoms with Crippen molar-refractivity contribution in [3.8, 4) is 0 Å². The van der Waals surface area contributed by atoms with E-state index in [9.17, 15) is 10.2 Å². The quantitative estimate of drug-likeness (QED) is 0.633. The van der Waals surface area contributed by atoms with Gasteiger partial charge in [0.1, 0.15) is 0 Å². The minimum absolute atomic E-state index is 0.0302. The molecule has 0 aliphatic heterocycles. The molecule has 0 bridgehead atoms. The molecule has 0 unspecified atom stereocenters. The molecule has 0 radical (unpaired) electrons. The fourth-order valence-electron chi connectivity index (χ4n) is 2.37. The van der Waals surface area contributed by atoms with E-state index in [-0.39, 0.29) is 24.4 Å². The third-order valence-corrected chi connectivity index (χ3v) is 3.39. The normalized spacial score (nSPS) is 36.0. The van der Waals surface area contributed by atoms with E-state index in [0.29, 0.717) is 0 Å². The zero-order valence-electron chi connectivity index (χ0n) is 9.06. The van der Waals surface area contributed by atoms with Crippen LogP contribution in [0.4, 0.5) is 0 Å². The summed E-state index contributed by atoms with van der Waals surface area (Å²) in [7, 11) is 0. The fraction of sp³-hybridized carbons (Fsp3) is 1.00. The van der Waals surface area contributed by atoms with E-state index in [1.807, 2.05) is 13.8 Å². The topological polar surface area (TPSA) is 60.7 Å². The first-order chi connectivity index (χ1) is 6.57. The first kappa shape index (κ1) is 12.0. The minimum Gasteiger partial charge on any atom is -0.396 e. The summed E-state index contributed by atoms with van der Waals surface area (Å²) in [5, 5.41) is 28.9. The van der Waals surface area contributed by atoms with Crippen molar-refractivity contribution < 1.29 is 15.3 Å². The maximum Gasteiger partial charge on any atom is 0.0643 e. The van der Waals surface area contributed by atoms with Crippen LogP contribution in [-0.4, -0.2) is 34.1 Å². The van der Waals surface area contributed by atoms with Crippen LogP contribution in [0.3, 0.4) is 0 Å². The van der Waals surface area contributed by atoms with Crippen LogP contribution in [0.25, 0.3) is 0 Å². The molecule has 1 aliphatic rings. The Morgan fingerprint density at radius 1 is 1.29 bits per heavy atom. The van der Waals surface area contributed by atoms with Crippen molar-refractivity contribution in [3.05, 3.63) is 0 Å². The Morgan fingerprint density at radius 3 is 2.43 bits per heavy atom. The highest BCUT2D eigenvalue weighted by Gasteiger charge is 2.36. The van der Waals surface area contributed by atoms with Crippen LogP contribution >= 0.6 is 0 Å². The van der Waals surface area contributed by atoms with Gasteiger partial charge >= 0.3 is 0 Å². The third-order valence-electron chi connectivity index (χ3n) is 3.39. The fourth-order valence-corrected chi connectivity index (χ4v) is 2.37. The Bertz CT molecular complexity index is 170. The molecule has 14 heavy (non-hydrogen) atoms. The lowest BCUT2D eigenvalue weighted by molar-refractivity contribution is -0.0704. The summed E-state index contributed by atoms with van der Waals surface area (Å²) in [5.74, 6) is 0.0788. The number of hydrogen-bond acceptors (Lipinski definition) is 3. The number of hydrogen-bond donors (Lipinski definition) is 3. The van der Waals surface area contributed by atoms with Gasteiger partial charge in [0.05, 0.1) is 12.2 Å². The van der Waals surface area contributed by atoms with Gasteiger partial charge in [-0.2, -0.15) is 0 Å². The maximum absolute atomic E-state index is 9.93. The summed E-state index contributed by atoms with van der Waals surface area (Å²) < 4.78 is 0. The van der Waals surface area contributed by atoms with Crippen molar-refractivity contribution in [1.82, 2.24) is 0 Å². The lowest BCUT2D eigenvalue weighted by atomic mass is 9.74. The molecule has 0 spiro atoms. The van der Waals surface area contributed by atoms with E-state index in [1.165, 1.54) is 0 Å². The summed E-state index contributed by atoms with van der Waals surface area (Å²) in [4.78, 5) is 0. The van der Waals surface area contributed by atoms with Crippen molar-refractivity contribution in [2.24, 2.45) is 17.8 Å². The second kappa shape index (κ2) is 5.10. The predicted octanol–water partition coefficient (Wildman–Crippen LogP) is 0.773. The van der Waals surface area contributed by atoms with Crippen LogP contribution in [-0.2, 0) is 0 Å². The Balaban J connectivity index is 2.59. The molecule has 0 amide bonds. The Labute approximate surface area is 85.8 Å². The SMILES string of the molecule is CC(C)[C@@H](O)[C@@H]1CCC[C@H](CO)[C@H]1O. The predicted molar refractivity (Wildman–Crippen MR) is 54.8 cm³/mol. The van der Waals surface area contributed by atoms with Crippen LogP contribution in [0.5, 0.6) is 0 Å². The zero-order chi connectivity index (χ0) is 10.7. The lowest BCUT2D eigenvalue weighted by Gasteiger charge is -2.37. The molecule has 3 heteroatoms. The van der Waals surface area contributed by atoms with Crippen molar-refractivity contribution in [2.75, 3.05) is 6.61 Å². The van der Waals surface area contributed by atoms with Gasteiger partial charge in [-0.3, -0.25) is 0 Å². The number of rotatable bonds is 3. The van der Waals surface area contributed by atoms with Crippen LogP contribution in [0.2, 0.25) is 0 Å². The van der Waals surface area contributed by atoms with Crippen molar-refractivity contribution in [3.63, 3.8) is 0 Å². The van der Waals surface area contributed by atoms with E-state index < -0.39 is 12.2 Å². The average molecular weight is 202 g/mol. The van der Waals surface area contributed by atoms with E-state index in [4.69, 9.17) is 5.11 Å². The van der Waals surface area contributed by atoms with E-state index >= 15 is 0 Å². The maximum atomic E-state index is 9.93. The summed E-state index contributed by atoms with van der Waals surface area (Å²) in [5.41, 5.74) is 0. The Morgan fingerprint density at radius 2 is 1.93 bits per heavy atom. The van der Waals surface area contributed by atoms with Gasteiger partial charge in [-0.25, -0.2) is 0 Å². The molecule has 0 aromatic carbocycles. The standard InChI is InChI=1S/C11H22O3/c1-7(2)10(13)9-5-3-4-8(6-12)11(9)14/h7-14H,3-6H2,1-2H3/t8-,9+,10-,11-/m1/s1. The molecule has 3 N–H and O–H groups in total. The van der Waals surface area contributed by atoms with Crippen molar-refractivity contribution in [1.29, 1.82) is 0 Å². The molecule has 0 aromatic rings. The molecule has 1 rings (SSSR count). The molecule has 1 saturated carbocycles. The Hall–Kier alpha value is -0.120. The largest absolute Gasteiger partial charge is 0.396 e. The summed E-state index contributed by atoms with van der Waals surface area (Å²) in [6, 6.07) is 0. The first-order valence-electron chi connectivity index (χ1n) is 5.55. The van der Waals surface area contributed by atoms with Gasteiger partial charge in [0.15, 0.2) is 0 Å². The summed E-state index contributed by atoms with van der Waals surface area (Å²) >= 11 is 0. The molecule has 4 atom stereocenters. The number of aliphatic hydroxyl groups excluding tert-OH is 3. The van der Waals surface area contributed by atoms with E-state index in [2.05, 4.69) is 0 Å². The summed E-state index contributed by atoms with van der Waals surface area (Å²) in [6.07, 6.45) is 1.76. The first-order valence-corrected chi connectivity index (χ1v) is 5.55. The van der Waals surface area contributed by atoms with E-state index in [0.717, 1.165) is 19.3 Å².